The van der Waals surface area contributed by atoms with Crippen LogP contribution in [0.15, 0.2) is 22.2 Å². The topological polar surface area (TPSA) is 72.2 Å². The summed E-state index contributed by atoms with van der Waals surface area (Å²) in [6.07, 6.45) is 8.97. The summed E-state index contributed by atoms with van der Waals surface area (Å²) in [5, 5.41) is 9.37. The second-order valence-corrected chi connectivity index (χ2v) is 6.45. The Morgan fingerprint density at radius 1 is 1.48 bits per heavy atom. The Hall–Kier alpha value is -1.30. The number of carboxylic acids is 1. The predicted molar refractivity (Wildman–Crippen MR) is 82.8 cm³/mol. The number of hydrogen-bond acceptors (Lipinski definition) is 4. The minimum absolute atomic E-state index is 0.0719. The molecule has 1 aromatic heterocycles. The zero-order valence-electron chi connectivity index (χ0n) is 12.3. The minimum Gasteiger partial charge on any atom is -0.481 e. The molecule has 0 aromatic carbocycles. The van der Waals surface area contributed by atoms with E-state index in [9.17, 15) is 9.59 Å². The predicted octanol–water partition coefficient (Wildman–Crippen LogP) is 2.95. The Kier molecular flexibility index (Phi) is 5.85. The Balaban J connectivity index is 2.26. The standard InChI is InChI=1S/C15H22N2O3S/c1-2-12(11-6-4-3-5-7-11)17-9-8-13(18)16-15(17)21-10-14(19)20/h8-9,11-12H,2-7,10H2,1H3,(H,19,20). The second-order valence-electron chi connectivity index (χ2n) is 5.51. The normalized spacial score (nSPS) is 17.6. The molecule has 1 aromatic rings. The van der Waals surface area contributed by atoms with Crippen molar-refractivity contribution in [3.05, 3.63) is 22.6 Å². The van der Waals surface area contributed by atoms with E-state index in [1.54, 1.807) is 6.20 Å². The van der Waals surface area contributed by atoms with Gasteiger partial charge in [0, 0.05) is 18.3 Å². The van der Waals surface area contributed by atoms with Crippen LogP contribution in [0.2, 0.25) is 0 Å². The maximum absolute atomic E-state index is 11.5. The van der Waals surface area contributed by atoms with E-state index in [-0.39, 0.29) is 11.3 Å². The highest BCUT2D eigenvalue weighted by Crippen LogP contribution is 2.36. The highest BCUT2D eigenvalue weighted by atomic mass is 32.2. The summed E-state index contributed by atoms with van der Waals surface area (Å²) in [5.41, 5.74) is -0.308. The summed E-state index contributed by atoms with van der Waals surface area (Å²) in [6, 6.07) is 1.77. The third-order valence-corrected chi connectivity index (χ3v) is 5.05. The van der Waals surface area contributed by atoms with Gasteiger partial charge in [-0.1, -0.05) is 37.9 Å². The first kappa shape index (κ1) is 16.1. The molecule has 6 heteroatoms. The van der Waals surface area contributed by atoms with Gasteiger partial charge in [-0.15, -0.1) is 0 Å². The van der Waals surface area contributed by atoms with Crippen molar-refractivity contribution in [3.63, 3.8) is 0 Å². The second kappa shape index (κ2) is 7.64. The molecule has 0 aliphatic heterocycles. The number of rotatable bonds is 6. The van der Waals surface area contributed by atoms with Crippen LogP contribution in [0.25, 0.3) is 0 Å². The molecule has 1 heterocycles. The number of thioether (sulfide) groups is 1. The summed E-state index contributed by atoms with van der Waals surface area (Å²) in [7, 11) is 0. The fraction of sp³-hybridized carbons (Fsp3) is 0.667. The van der Waals surface area contributed by atoms with Gasteiger partial charge >= 0.3 is 5.97 Å². The molecular formula is C15H22N2O3S. The molecule has 116 valence electrons. The Labute approximate surface area is 128 Å². The smallest absolute Gasteiger partial charge is 0.313 e. The van der Waals surface area contributed by atoms with E-state index >= 15 is 0 Å². The lowest BCUT2D eigenvalue weighted by Gasteiger charge is -2.32. The van der Waals surface area contributed by atoms with E-state index in [4.69, 9.17) is 5.11 Å². The zero-order valence-corrected chi connectivity index (χ0v) is 13.1. The van der Waals surface area contributed by atoms with Gasteiger partial charge < -0.3 is 9.67 Å². The number of hydrogen-bond donors (Lipinski definition) is 1. The van der Waals surface area contributed by atoms with Crippen LogP contribution >= 0.6 is 11.8 Å². The van der Waals surface area contributed by atoms with Crippen LogP contribution < -0.4 is 5.56 Å². The SMILES string of the molecule is CCC(C1CCCCC1)n1ccc(=O)nc1SCC(=O)O. The Bertz CT molecular complexity index is 538. The van der Waals surface area contributed by atoms with Crippen molar-refractivity contribution < 1.29 is 9.90 Å². The molecule has 0 radical (unpaired) electrons. The van der Waals surface area contributed by atoms with Gasteiger partial charge in [0.1, 0.15) is 0 Å². The summed E-state index contributed by atoms with van der Waals surface area (Å²) in [5.74, 6) is -0.370. The first-order valence-electron chi connectivity index (χ1n) is 7.55. The van der Waals surface area contributed by atoms with E-state index in [1.807, 2.05) is 4.57 Å². The monoisotopic (exact) mass is 310 g/mol. The van der Waals surface area contributed by atoms with Gasteiger partial charge in [0.2, 0.25) is 0 Å². The maximum Gasteiger partial charge on any atom is 0.313 e. The van der Waals surface area contributed by atoms with Gasteiger partial charge in [0.05, 0.1) is 5.75 Å². The third-order valence-electron chi connectivity index (χ3n) is 4.10. The number of nitrogens with zero attached hydrogens (tertiary/aromatic N) is 2. The molecule has 1 N–H and O–H groups in total. The van der Waals surface area contributed by atoms with Crippen LogP contribution in [0.5, 0.6) is 0 Å². The van der Waals surface area contributed by atoms with E-state index in [0.717, 1.165) is 18.2 Å². The molecule has 0 saturated heterocycles. The quantitative estimate of drug-likeness (QED) is 0.646. The summed E-state index contributed by atoms with van der Waals surface area (Å²) < 4.78 is 2.02. The Morgan fingerprint density at radius 3 is 2.81 bits per heavy atom. The summed E-state index contributed by atoms with van der Waals surface area (Å²) in [4.78, 5) is 26.3. The number of aromatic nitrogens is 2. The van der Waals surface area contributed by atoms with Crippen molar-refractivity contribution in [3.8, 4) is 0 Å². The number of carbonyl (C=O) groups is 1. The minimum atomic E-state index is -0.893. The third kappa shape index (κ3) is 4.33. The van der Waals surface area contributed by atoms with Crippen molar-refractivity contribution in [2.24, 2.45) is 5.92 Å². The zero-order chi connectivity index (χ0) is 15.2. The van der Waals surface area contributed by atoms with E-state index < -0.39 is 5.97 Å². The molecule has 0 spiro atoms. The molecule has 0 amide bonds. The van der Waals surface area contributed by atoms with Crippen LogP contribution in [-0.4, -0.2) is 26.4 Å². The first-order valence-corrected chi connectivity index (χ1v) is 8.54. The van der Waals surface area contributed by atoms with Gasteiger partial charge in [0.25, 0.3) is 5.56 Å². The average Bonchev–Trinajstić information content (AvgIpc) is 2.48. The fourth-order valence-corrected chi connectivity index (χ4v) is 3.91. The summed E-state index contributed by atoms with van der Waals surface area (Å²) >= 11 is 1.13. The average molecular weight is 310 g/mol. The van der Waals surface area contributed by atoms with E-state index in [0.29, 0.717) is 17.1 Å². The Morgan fingerprint density at radius 2 is 2.19 bits per heavy atom. The first-order chi connectivity index (χ1) is 10.1. The highest BCUT2D eigenvalue weighted by Gasteiger charge is 2.25. The molecule has 1 aliphatic rings. The highest BCUT2D eigenvalue weighted by molar-refractivity contribution is 7.99. The van der Waals surface area contributed by atoms with E-state index in [2.05, 4.69) is 11.9 Å². The van der Waals surface area contributed by atoms with Gasteiger partial charge in [-0.2, -0.15) is 4.98 Å². The molecule has 1 saturated carbocycles. The van der Waals surface area contributed by atoms with E-state index in [1.165, 1.54) is 38.2 Å². The fourth-order valence-electron chi connectivity index (χ4n) is 3.16. The van der Waals surface area contributed by atoms with Crippen LogP contribution in [0.4, 0.5) is 0 Å². The van der Waals surface area contributed by atoms with Gasteiger partial charge in [-0.25, -0.2) is 0 Å². The molecule has 1 atom stereocenters. The molecule has 21 heavy (non-hydrogen) atoms. The lowest BCUT2D eigenvalue weighted by Crippen LogP contribution is -2.25. The summed E-state index contributed by atoms with van der Waals surface area (Å²) in [6.45, 7) is 2.14. The lowest BCUT2D eigenvalue weighted by molar-refractivity contribution is -0.133. The van der Waals surface area contributed by atoms with Crippen LogP contribution in [-0.2, 0) is 4.79 Å². The molecule has 0 bridgehead atoms. The molecule has 1 aliphatic carbocycles. The van der Waals surface area contributed by atoms with Crippen molar-refractivity contribution in [1.29, 1.82) is 0 Å². The van der Waals surface area contributed by atoms with Crippen molar-refractivity contribution >= 4 is 17.7 Å². The van der Waals surface area contributed by atoms with Crippen LogP contribution in [0.1, 0.15) is 51.5 Å². The molecule has 2 rings (SSSR count). The largest absolute Gasteiger partial charge is 0.481 e. The molecule has 1 unspecified atom stereocenters. The number of carboxylic acid groups (broad SMARTS) is 1. The number of aliphatic carboxylic acids is 1. The maximum atomic E-state index is 11.5. The van der Waals surface area contributed by atoms with Crippen molar-refractivity contribution in [2.45, 2.75) is 56.6 Å². The molecule has 1 fully saturated rings. The van der Waals surface area contributed by atoms with Gasteiger partial charge in [-0.05, 0) is 25.2 Å². The van der Waals surface area contributed by atoms with Crippen molar-refractivity contribution in [1.82, 2.24) is 9.55 Å². The van der Waals surface area contributed by atoms with Crippen LogP contribution in [0, 0.1) is 5.92 Å². The van der Waals surface area contributed by atoms with Crippen molar-refractivity contribution in [2.75, 3.05) is 5.75 Å². The molecule has 5 nitrogen and oxygen atoms in total. The van der Waals surface area contributed by atoms with Crippen LogP contribution in [0.3, 0.4) is 0 Å². The van der Waals surface area contributed by atoms with Gasteiger partial charge in [0.15, 0.2) is 5.16 Å². The molecular weight excluding hydrogens is 288 g/mol. The van der Waals surface area contributed by atoms with Gasteiger partial charge in [-0.3, -0.25) is 9.59 Å². The lowest BCUT2D eigenvalue weighted by atomic mass is 9.83.